The Hall–Kier alpha value is -0.720. The molecule has 0 spiro atoms. The van der Waals surface area contributed by atoms with Gasteiger partial charge in [0.2, 0.25) is 0 Å². The Morgan fingerprint density at radius 2 is 1.65 bits per heavy atom. The molecule has 0 saturated carbocycles. The third-order valence-corrected chi connectivity index (χ3v) is 2.17. The second-order valence-electron chi connectivity index (χ2n) is 2.38. The molecule has 0 radical (unpaired) electrons. The Bertz CT molecular complexity index is 282. The number of hydrogen-bond donors (Lipinski definition) is 1. The van der Waals surface area contributed by atoms with Crippen molar-refractivity contribution >= 4 is 18.0 Å². The van der Waals surface area contributed by atoms with E-state index in [4.69, 9.17) is 5.26 Å². The molecule has 0 aliphatic carbocycles. The zero-order valence-corrected chi connectivity index (χ0v) is 8.57. The molecule has 0 aromatic carbocycles. The summed E-state index contributed by atoms with van der Waals surface area (Å²) in [6, 6.07) is 0. The van der Waals surface area contributed by atoms with Gasteiger partial charge < -0.3 is 4.74 Å². The van der Waals surface area contributed by atoms with E-state index in [0.717, 1.165) is 0 Å². The van der Waals surface area contributed by atoms with E-state index in [1.165, 1.54) is 0 Å². The Morgan fingerprint density at radius 1 is 1.18 bits per heavy atom. The minimum Gasteiger partial charge on any atom is -0.466 e. The van der Waals surface area contributed by atoms with Crippen molar-refractivity contribution in [1.82, 2.24) is 0 Å². The van der Waals surface area contributed by atoms with E-state index in [2.05, 4.69) is 14.1 Å². The van der Waals surface area contributed by atoms with Gasteiger partial charge in [-0.3, -0.25) is 0 Å². The van der Waals surface area contributed by atoms with Crippen molar-refractivity contribution in [1.29, 1.82) is 0 Å². The summed E-state index contributed by atoms with van der Waals surface area (Å²) in [6.07, 6.45) is -6.39. The molecule has 102 valence electrons. The average Bonchev–Trinajstić information content (AvgIpc) is 2.22. The standard InChI is InChI=1S/C5H4F6O5S/c1-14-2(12)3(6,17-16-15-13)4(7,8)5(9,10)11/h13H,1H3. The van der Waals surface area contributed by atoms with Gasteiger partial charge in [-0.1, -0.05) is 5.04 Å². The number of methoxy groups -OCH3 is 1. The number of carbonyl (C=O) groups excluding carboxylic acids is 1. The topological polar surface area (TPSA) is 65.0 Å². The van der Waals surface area contributed by atoms with Gasteiger partial charge in [-0.2, -0.15) is 22.0 Å². The van der Waals surface area contributed by atoms with E-state index in [-0.39, 0.29) is 0 Å². The zero-order chi connectivity index (χ0) is 13.9. The molecule has 1 N–H and O–H groups in total. The number of ether oxygens (including phenoxy) is 1. The monoisotopic (exact) mass is 290 g/mol. The summed E-state index contributed by atoms with van der Waals surface area (Å²) in [7, 11) is 0.378. The molecule has 5 nitrogen and oxygen atoms in total. The average molecular weight is 290 g/mol. The molecule has 0 aliphatic rings. The van der Waals surface area contributed by atoms with Crippen LogP contribution in [0.5, 0.6) is 0 Å². The van der Waals surface area contributed by atoms with Crippen molar-refractivity contribution in [2.45, 2.75) is 17.1 Å². The predicted molar refractivity (Wildman–Crippen MR) is 39.2 cm³/mol. The van der Waals surface area contributed by atoms with E-state index in [9.17, 15) is 31.1 Å². The highest BCUT2D eigenvalue weighted by Gasteiger charge is 2.77. The third kappa shape index (κ3) is 2.94. The second-order valence-corrected chi connectivity index (χ2v) is 3.25. The van der Waals surface area contributed by atoms with Crippen molar-refractivity contribution in [3.8, 4) is 0 Å². The molecule has 0 heterocycles. The van der Waals surface area contributed by atoms with Gasteiger partial charge in [0.25, 0.3) is 0 Å². The Balaban J connectivity index is 5.38. The molecule has 0 saturated heterocycles. The Kier molecular flexibility index (Phi) is 5.06. The summed E-state index contributed by atoms with van der Waals surface area (Å²) >= 11 is -1.39. The first kappa shape index (κ1) is 16.3. The number of rotatable bonds is 5. The molecule has 1 unspecified atom stereocenters. The van der Waals surface area contributed by atoms with Gasteiger partial charge in [-0.25, -0.2) is 14.4 Å². The first-order valence-corrected chi connectivity index (χ1v) is 4.16. The van der Waals surface area contributed by atoms with E-state index < -0.39 is 35.1 Å². The van der Waals surface area contributed by atoms with Gasteiger partial charge in [0, 0.05) is 0 Å². The highest BCUT2D eigenvalue weighted by molar-refractivity contribution is 7.96. The fourth-order valence-corrected chi connectivity index (χ4v) is 1.09. The van der Waals surface area contributed by atoms with Crippen molar-refractivity contribution in [2.24, 2.45) is 0 Å². The summed E-state index contributed by atoms with van der Waals surface area (Å²) < 4.78 is 81.0. The normalized spacial score (nSPS) is 16.5. The Morgan fingerprint density at radius 3 is 1.94 bits per heavy atom. The molecule has 0 bridgehead atoms. The Labute approximate surface area is 93.7 Å². The summed E-state index contributed by atoms with van der Waals surface area (Å²) in [6.45, 7) is 0. The number of hydrogen-bond acceptors (Lipinski definition) is 6. The highest BCUT2D eigenvalue weighted by atomic mass is 32.2. The van der Waals surface area contributed by atoms with Crippen molar-refractivity contribution in [3.63, 3.8) is 0 Å². The first-order valence-electron chi connectivity index (χ1n) is 3.42. The van der Waals surface area contributed by atoms with Crippen LogP contribution in [0.25, 0.3) is 0 Å². The van der Waals surface area contributed by atoms with Gasteiger partial charge >= 0.3 is 23.1 Å². The minimum absolute atomic E-state index is 0.378. The highest BCUT2D eigenvalue weighted by Crippen LogP contribution is 2.51. The molecule has 0 aromatic rings. The van der Waals surface area contributed by atoms with Crippen LogP contribution < -0.4 is 0 Å². The first-order chi connectivity index (χ1) is 7.54. The maximum atomic E-state index is 13.3. The largest absolute Gasteiger partial charge is 0.466 e. The van der Waals surface area contributed by atoms with Crippen LogP contribution in [0.1, 0.15) is 0 Å². The third-order valence-electron chi connectivity index (χ3n) is 1.39. The number of alkyl halides is 6. The van der Waals surface area contributed by atoms with Gasteiger partial charge in [0.05, 0.1) is 19.2 Å². The van der Waals surface area contributed by atoms with Crippen molar-refractivity contribution in [3.05, 3.63) is 0 Å². The van der Waals surface area contributed by atoms with Crippen LogP contribution in [-0.2, 0) is 18.9 Å². The van der Waals surface area contributed by atoms with Crippen LogP contribution in [0.4, 0.5) is 26.3 Å². The van der Waals surface area contributed by atoms with E-state index in [0.29, 0.717) is 7.11 Å². The zero-order valence-electron chi connectivity index (χ0n) is 7.76. The van der Waals surface area contributed by atoms with Crippen LogP contribution in [-0.4, -0.2) is 35.4 Å². The molecule has 12 heteroatoms. The summed E-state index contributed by atoms with van der Waals surface area (Å²) in [5.74, 6) is -8.70. The van der Waals surface area contributed by atoms with E-state index >= 15 is 0 Å². The fourth-order valence-electron chi connectivity index (χ4n) is 0.590. The fraction of sp³-hybridized carbons (Fsp3) is 0.800. The number of carbonyl (C=O) groups is 1. The van der Waals surface area contributed by atoms with Crippen LogP contribution in [0.3, 0.4) is 0 Å². The molecule has 17 heavy (non-hydrogen) atoms. The molecule has 0 rings (SSSR count). The van der Waals surface area contributed by atoms with Gasteiger partial charge in [0.1, 0.15) is 0 Å². The summed E-state index contributed by atoms with van der Waals surface area (Å²) in [5, 5.41) is 5.25. The minimum atomic E-state index is -6.39. The molecular formula is C5H4F6O5S. The molecule has 0 fully saturated rings. The van der Waals surface area contributed by atoms with Gasteiger partial charge in [-0.05, 0) is 0 Å². The van der Waals surface area contributed by atoms with E-state index in [1.54, 1.807) is 0 Å². The predicted octanol–water partition coefficient (Wildman–Crippen LogP) is 2.09. The lowest BCUT2D eigenvalue weighted by Crippen LogP contribution is -2.57. The van der Waals surface area contributed by atoms with Crippen LogP contribution in [0.2, 0.25) is 0 Å². The van der Waals surface area contributed by atoms with Gasteiger partial charge in [0.15, 0.2) is 0 Å². The lowest BCUT2D eigenvalue weighted by atomic mass is 10.2. The summed E-state index contributed by atoms with van der Waals surface area (Å²) in [4.78, 5) is 10.6. The van der Waals surface area contributed by atoms with Crippen LogP contribution in [0.15, 0.2) is 0 Å². The molecule has 0 amide bonds. The van der Waals surface area contributed by atoms with Crippen molar-refractivity contribution < 1.29 is 50.5 Å². The number of halogens is 6. The van der Waals surface area contributed by atoms with Gasteiger partial charge in [-0.15, -0.1) is 4.33 Å². The number of esters is 1. The lowest BCUT2D eigenvalue weighted by Gasteiger charge is -2.29. The van der Waals surface area contributed by atoms with Crippen molar-refractivity contribution in [2.75, 3.05) is 7.11 Å². The smallest absolute Gasteiger partial charge is 0.458 e. The van der Waals surface area contributed by atoms with E-state index in [1.807, 2.05) is 0 Å². The molecular weight excluding hydrogens is 286 g/mol. The van der Waals surface area contributed by atoms with Crippen LogP contribution in [0, 0.1) is 0 Å². The molecule has 0 aliphatic heterocycles. The second kappa shape index (κ2) is 5.29. The quantitative estimate of drug-likeness (QED) is 0.275. The SMILES string of the molecule is COC(=O)C(F)(SOOO)C(F)(F)C(F)(F)F. The maximum Gasteiger partial charge on any atom is 0.458 e. The molecule has 0 aromatic heterocycles. The molecule has 1 atom stereocenters. The lowest BCUT2D eigenvalue weighted by molar-refractivity contribution is -0.434. The summed E-state index contributed by atoms with van der Waals surface area (Å²) in [5.41, 5.74) is 0. The maximum absolute atomic E-state index is 13.3. The van der Waals surface area contributed by atoms with Crippen LogP contribution >= 0.6 is 12.0 Å².